The molecule has 0 bridgehead atoms. The van der Waals surface area contributed by atoms with Crippen LogP contribution < -0.4 is 5.32 Å². The summed E-state index contributed by atoms with van der Waals surface area (Å²) in [5, 5.41) is 14.2. The summed E-state index contributed by atoms with van der Waals surface area (Å²) in [6.07, 6.45) is 2.79. The summed E-state index contributed by atoms with van der Waals surface area (Å²) in [6, 6.07) is 18.8. The normalized spacial score (nSPS) is 12.6. The highest BCUT2D eigenvalue weighted by molar-refractivity contribution is 5.79. The predicted octanol–water partition coefficient (Wildman–Crippen LogP) is 2.86. The zero-order valence-corrected chi connectivity index (χ0v) is 11.9. The van der Waals surface area contributed by atoms with Gasteiger partial charge in [-0.2, -0.15) is 0 Å². The molecule has 3 nitrogen and oxygen atoms in total. The average Bonchev–Trinajstić information content (AvgIpc) is 3.00. The Kier molecular flexibility index (Phi) is 4.34. The van der Waals surface area contributed by atoms with Crippen LogP contribution >= 0.6 is 0 Å². The first-order valence-corrected chi connectivity index (χ1v) is 7.29. The van der Waals surface area contributed by atoms with Gasteiger partial charge in [-0.3, -0.25) is 0 Å². The Morgan fingerprint density at radius 1 is 1.00 bits per heavy atom. The van der Waals surface area contributed by atoms with Crippen LogP contribution in [0.4, 0.5) is 0 Å². The number of aliphatic hydroxyl groups excluding tert-OH is 1. The van der Waals surface area contributed by atoms with Crippen LogP contribution in [0.15, 0.2) is 60.8 Å². The van der Waals surface area contributed by atoms with Crippen molar-refractivity contribution >= 4 is 10.9 Å². The van der Waals surface area contributed by atoms with Gasteiger partial charge in [-0.05, 0) is 35.1 Å². The molecule has 2 aromatic carbocycles. The SMILES string of the molecule is OC[C@H](Cc1ccccc1)NCc1ccc2cc[nH]c2c1. The topological polar surface area (TPSA) is 48.0 Å². The second-order valence-electron chi connectivity index (χ2n) is 5.35. The Hall–Kier alpha value is -2.10. The van der Waals surface area contributed by atoms with Crippen molar-refractivity contribution in [3.05, 3.63) is 71.9 Å². The molecule has 0 fully saturated rings. The second-order valence-corrected chi connectivity index (χ2v) is 5.35. The lowest BCUT2D eigenvalue weighted by atomic mass is 10.1. The highest BCUT2D eigenvalue weighted by Gasteiger charge is 2.08. The van der Waals surface area contributed by atoms with E-state index in [0.29, 0.717) is 0 Å². The number of hydrogen-bond acceptors (Lipinski definition) is 2. The maximum Gasteiger partial charge on any atom is 0.0587 e. The third-order valence-electron chi connectivity index (χ3n) is 3.76. The molecule has 0 aliphatic heterocycles. The Morgan fingerprint density at radius 2 is 1.86 bits per heavy atom. The number of rotatable bonds is 6. The molecule has 0 saturated heterocycles. The molecular weight excluding hydrogens is 260 g/mol. The Labute approximate surface area is 124 Å². The maximum atomic E-state index is 9.54. The maximum absolute atomic E-state index is 9.54. The van der Waals surface area contributed by atoms with Crippen molar-refractivity contribution in [1.29, 1.82) is 0 Å². The van der Waals surface area contributed by atoms with Gasteiger partial charge in [0.25, 0.3) is 0 Å². The molecule has 3 aromatic rings. The molecule has 3 N–H and O–H groups in total. The van der Waals surface area contributed by atoms with Gasteiger partial charge in [0.15, 0.2) is 0 Å². The second kappa shape index (κ2) is 6.57. The van der Waals surface area contributed by atoms with E-state index in [4.69, 9.17) is 0 Å². The van der Waals surface area contributed by atoms with Crippen molar-refractivity contribution in [2.75, 3.05) is 6.61 Å². The molecule has 1 aromatic heterocycles. The number of aromatic amines is 1. The quantitative estimate of drug-likeness (QED) is 0.650. The molecule has 108 valence electrons. The van der Waals surface area contributed by atoms with E-state index in [1.807, 2.05) is 24.4 Å². The standard InChI is InChI=1S/C18H20N2O/c21-13-17(10-14-4-2-1-3-5-14)20-12-15-6-7-16-8-9-19-18(16)11-15/h1-9,11,17,19-21H,10,12-13H2/t17-/m0/s1. The fourth-order valence-electron chi connectivity index (χ4n) is 2.57. The molecule has 0 amide bonds. The minimum atomic E-state index is 0.0757. The molecule has 3 rings (SSSR count). The summed E-state index contributed by atoms with van der Waals surface area (Å²) in [4.78, 5) is 3.22. The van der Waals surface area contributed by atoms with E-state index in [0.717, 1.165) is 18.5 Å². The van der Waals surface area contributed by atoms with E-state index >= 15 is 0 Å². The van der Waals surface area contributed by atoms with Crippen LogP contribution in [0.3, 0.4) is 0 Å². The summed E-state index contributed by atoms with van der Waals surface area (Å²) in [7, 11) is 0. The minimum Gasteiger partial charge on any atom is -0.395 e. The number of H-pyrrole nitrogens is 1. The van der Waals surface area contributed by atoms with Gasteiger partial charge in [-0.1, -0.05) is 42.5 Å². The number of benzene rings is 2. The number of nitrogens with one attached hydrogen (secondary N) is 2. The van der Waals surface area contributed by atoms with Crippen molar-refractivity contribution in [1.82, 2.24) is 10.3 Å². The van der Waals surface area contributed by atoms with Crippen molar-refractivity contribution in [3.63, 3.8) is 0 Å². The number of hydrogen-bond donors (Lipinski definition) is 3. The van der Waals surface area contributed by atoms with Gasteiger partial charge in [0.05, 0.1) is 6.61 Å². The molecule has 0 spiro atoms. The minimum absolute atomic E-state index is 0.0757. The highest BCUT2D eigenvalue weighted by Crippen LogP contribution is 2.14. The lowest BCUT2D eigenvalue weighted by molar-refractivity contribution is 0.241. The van der Waals surface area contributed by atoms with Crippen molar-refractivity contribution in [3.8, 4) is 0 Å². The molecule has 0 aliphatic rings. The van der Waals surface area contributed by atoms with Gasteiger partial charge in [-0.15, -0.1) is 0 Å². The molecular formula is C18H20N2O. The summed E-state index contributed by atoms with van der Waals surface area (Å²) in [5.41, 5.74) is 3.61. The molecule has 21 heavy (non-hydrogen) atoms. The van der Waals surface area contributed by atoms with E-state index in [1.165, 1.54) is 16.5 Å². The Bertz CT molecular complexity index is 691. The van der Waals surface area contributed by atoms with Crippen LogP contribution in [0, 0.1) is 0 Å². The van der Waals surface area contributed by atoms with Crippen LogP contribution in [-0.2, 0) is 13.0 Å². The lowest BCUT2D eigenvalue weighted by Gasteiger charge is -2.16. The number of aromatic nitrogens is 1. The Morgan fingerprint density at radius 3 is 2.67 bits per heavy atom. The molecule has 0 saturated carbocycles. The molecule has 0 radical (unpaired) electrons. The molecule has 3 heteroatoms. The van der Waals surface area contributed by atoms with E-state index in [9.17, 15) is 5.11 Å². The summed E-state index contributed by atoms with van der Waals surface area (Å²) < 4.78 is 0. The molecule has 0 unspecified atom stereocenters. The molecule has 0 aliphatic carbocycles. The van der Waals surface area contributed by atoms with Gasteiger partial charge in [-0.25, -0.2) is 0 Å². The van der Waals surface area contributed by atoms with E-state index < -0.39 is 0 Å². The van der Waals surface area contributed by atoms with E-state index in [-0.39, 0.29) is 12.6 Å². The van der Waals surface area contributed by atoms with Gasteiger partial charge >= 0.3 is 0 Å². The zero-order valence-electron chi connectivity index (χ0n) is 11.9. The van der Waals surface area contributed by atoms with Crippen molar-refractivity contribution in [2.45, 2.75) is 19.0 Å². The van der Waals surface area contributed by atoms with Gasteiger partial charge < -0.3 is 15.4 Å². The van der Waals surface area contributed by atoms with Crippen LogP contribution in [0.5, 0.6) is 0 Å². The highest BCUT2D eigenvalue weighted by atomic mass is 16.3. The Balaban J connectivity index is 1.61. The lowest BCUT2D eigenvalue weighted by Crippen LogP contribution is -2.34. The first kappa shape index (κ1) is 13.9. The first-order chi connectivity index (χ1) is 10.3. The predicted molar refractivity (Wildman–Crippen MR) is 86.2 cm³/mol. The largest absolute Gasteiger partial charge is 0.395 e. The summed E-state index contributed by atoms with van der Waals surface area (Å²) in [6.45, 7) is 0.895. The zero-order chi connectivity index (χ0) is 14.5. The van der Waals surface area contributed by atoms with Crippen LogP contribution in [0.25, 0.3) is 10.9 Å². The smallest absolute Gasteiger partial charge is 0.0587 e. The molecule has 1 heterocycles. The van der Waals surface area contributed by atoms with Crippen LogP contribution in [-0.4, -0.2) is 22.7 Å². The van der Waals surface area contributed by atoms with E-state index in [2.05, 4.69) is 46.7 Å². The first-order valence-electron chi connectivity index (χ1n) is 7.29. The van der Waals surface area contributed by atoms with Gasteiger partial charge in [0.1, 0.15) is 0 Å². The summed E-state index contributed by atoms with van der Waals surface area (Å²) in [5.74, 6) is 0. The fourth-order valence-corrected chi connectivity index (χ4v) is 2.57. The van der Waals surface area contributed by atoms with Gasteiger partial charge in [0, 0.05) is 24.3 Å². The monoisotopic (exact) mass is 280 g/mol. The molecule has 1 atom stereocenters. The van der Waals surface area contributed by atoms with Crippen LogP contribution in [0.2, 0.25) is 0 Å². The third kappa shape index (κ3) is 3.51. The van der Waals surface area contributed by atoms with Gasteiger partial charge in [0.2, 0.25) is 0 Å². The van der Waals surface area contributed by atoms with Crippen molar-refractivity contribution < 1.29 is 5.11 Å². The fraction of sp³-hybridized carbons (Fsp3) is 0.222. The third-order valence-corrected chi connectivity index (χ3v) is 3.76. The number of aliphatic hydroxyl groups is 1. The summed E-state index contributed by atoms with van der Waals surface area (Å²) >= 11 is 0. The number of fused-ring (bicyclic) bond motifs is 1. The van der Waals surface area contributed by atoms with Crippen LogP contribution in [0.1, 0.15) is 11.1 Å². The van der Waals surface area contributed by atoms with Crippen molar-refractivity contribution in [2.24, 2.45) is 0 Å². The average molecular weight is 280 g/mol. The van der Waals surface area contributed by atoms with E-state index in [1.54, 1.807) is 0 Å².